The van der Waals surface area contributed by atoms with Gasteiger partial charge in [0, 0.05) is 55.6 Å². The van der Waals surface area contributed by atoms with Crippen LogP contribution in [0.4, 0.5) is 11.6 Å². The third-order valence-electron chi connectivity index (χ3n) is 6.93. The van der Waals surface area contributed by atoms with Gasteiger partial charge >= 0.3 is 0 Å². The molecule has 1 aromatic heterocycles. The van der Waals surface area contributed by atoms with E-state index in [-0.39, 0.29) is 23.1 Å². The van der Waals surface area contributed by atoms with Crippen LogP contribution in [0.15, 0.2) is 73.1 Å². The first kappa shape index (κ1) is 21.1. The SMILES string of the molecule is O=C1CC2(CCN(C(=O)c3cccc(Nc4ncccn4)c3)CC2)[C@H](c2ccccc2)CN1. The summed E-state index contributed by atoms with van der Waals surface area (Å²) < 4.78 is 0. The highest BCUT2D eigenvalue weighted by Crippen LogP contribution is 2.48. The maximum atomic E-state index is 13.3. The Morgan fingerprint density at radius 3 is 2.52 bits per heavy atom. The lowest BCUT2D eigenvalue weighted by atomic mass is 9.62. The zero-order chi connectivity index (χ0) is 22.7. The van der Waals surface area contributed by atoms with Gasteiger partial charge in [0.2, 0.25) is 11.9 Å². The molecular weight excluding hydrogens is 414 g/mol. The van der Waals surface area contributed by atoms with Gasteiger partial charge in [-0.2, -0.15) is 0 Å². The van der Waals surface area contributed by atoms with Crippen LogP contribution in [0.3, 0.4) is 0 Å². The van der Waals surface area contributed by atoms with E-state index in [2.05, 4.69) is 44.9 Å². The van der Waals surface area contributed by atoms with E-state index in [9.17, 15) is 9.59 Å². The van der Waals surface area contributed by atoms with Gasteiger partial charge in [0.05, 0.1) is 0 Å². The first-order chi connectivity index (χ1) is 16.1. The van der Waals surface area contributed by atoms with Crippen molar-refractivity contribution in [3.05, 3.63) is 84.2 Å². The van der Waals surface area contributed by atoms with Crippen molar-refractivity contribution in [2.45, 2.75) is 25.2 Å². The Bertz CT molecular complexity index is 1130. The second-order valence-corrected chi connectivity index (χ2v) is 8.88. The number of aromatic nitrogens is 2. The molecule has 3 heterocycles. The number of carbonyl (C=O) groups excluding carboxylic acids is 2. The summed E-state index contributed by atoms with van der Waals surface area (Å²) in [6.45, 7) is 1.95. The van der Waals surface area contributed by atoms with Gasteiger partial charge in [-0.1, -0.05) is 36.4 Å². The van der Waals surface area contributed by atoms with Crippen LogP contribution < -0.4 is 10.6 Å². The van der Waals surface area contributed by atoms with Gasteiger partial charge in [-0.3, -0.25) is 9.59 Å². The van der Waals surface area contributed by atoms with E-state index in [1.807, 2.05) is 35.2 Å². The van der Waals surface area contributed by atoms with E-state index < -0.39 is 0 Å². The topological polar surface area (TPSA) is 87.2 Å². The molecule has 2 aliphatic rings. The van der Waals surface area contributed by atoms with Crippen LogP contribution in [0.25, 0.3) is 0 Å². The van der Waals surface area contributed by atoms with Crippen LogP contribution in [-0.2, 0) is 4.79 Å². The minimum absolute atomic E-state index is 0.0130. The largest absolute Gasteiger partial charge is 0.355 e. The molecule has 1 atom stereocenters. The van der Waals surface area contributed by atoms with E-state index in [1.54, 1.807) is 18.5 Å². The Morgan fingerprint density at radius 2 is 1.76 bits per heavy atom. The summed E-state index contributed by atoms with van der Waals surface area (Å²) in [5.41, 5.74) is 2.56. The summed E-state index contributed by atoms with van der Waals surface area (Å²) in [5, 5.41) is 6.19. The number of nitrogens with zero attached hydrogens (tertiary/aromatic N) is 3. The highest BCUT2D eigenvalue weighted by molar-refractivity contribution is 5.95. The molecule has 2 aromatic carbocycles. The number of rotatable bonds is 4. The predicted octanol–water partition coefficient (Wildman–Crippen LogP) is 3.75. The lowest BCUT2D eigenvalue weighted by Gasteiger charge is -2.49. The van der Waals surface area contributed by atoms with Gasteiger partial charge < -0.3 is 15.5 Å². The molecule has 5 rings (SSSR count). The van der Waals surface area contributed by atoms with E-state index in [0.717, 1.165) is 18.5 Å². The van der Waals surface area contributed by atoms with Gasteiger partial charge in [0.15, 0.2) is 0 Å². The molecule has 33 heavy (non-hydrogen) atoms. The van der Waals surface area contributed by atoms with Crippen molar-refractivity contribution < 1.29 is 9.59 Å². The molecule has 7 nitrogen and oxygen atoms in total. The number of hydrogen-bond donors (Lipinski definition) is 2. The molecule has 0 radical (unpaired) electrons. The summed E-state index contributed by atoms with van der Waals surface area (Å²) in [6, 6.07) is 19.6. The van der Waals surface area contributed by atoms with Crippen molar-refractivity contribution in [2.24, 2.45) is 5.41 Å². The van der Waals surface area contributed by atoms with Crippen molar-refractivity contribution >= 4 is 23.5 Å². The minimum Gasteiger partial charge on any atom is -0.355 e. The Hall–Kier alpha value is -3.74. The Morgan fingerprint density at radius 1 is 1.00 bits per heavy atom. The fourth-order valence-corrected chi connectivity index (χ4v) is 5.18. The standard InChI is InChI=1S/C26H27N5O2/c32-23-17-26(22(18-29-23)19-6-2-1-3-7-19)10-14-31(15-11-26)24(33)20-8-4-9-21(16-20)30-25-27-12-5-13-28-25/h1-9,12-13,16,22H,10-11,14-15,17-18H2,(H,29,32)(H,27,28,30)/t22-/m0/s1. The molecule has 7 heteroatoms. The summed E-state index contributed by atoms with van der Waals surface area (Å²) in [5.74, 6) is 0.888. The van der Waals surface area contributed by atoms with E-state index >= 15 is 0 Å². The monoisotopic (exact) mass is 441 g/mol. The van der Waals surface area contributed by atoms with Crippen LogP contribution in [0, 0.1) is 5.41 Å². The number of amides is 2. The lowest BCUT2D eigenvalue weighted by molar-refractivity contribution is -0.127. The molecule has 2 aliphatic heterocycles. The van der Waals surface area contributed by atoms with Crippen molar-refractivity contribution in [1.82, 2.24) is 20.2 Å². The maximum absolute atomic E-state index is 13.3. The van der Waals surface area contributed by atoms with Crippen molar-refractivity contribution in [3.8, 4) is 0 Å². The zero-order valence-electron chi connectivity index (χ0n) is 18.4. The highest BCUT2D eigenvalue weighted by Gasteiger charge is 2.46. The molecule has 2 saturated heterocycles. The van der Waals surface area contributed by atoms with Crippen molar-refractivity contribution in [2.75, 3.05) is 25.0 Å². The summed E-state index contributed by atoms with van der Waals surface area (Å²) in [4.78, 5) is 35.9. The second kappa shape index (κ2) is 9.02. The predicted molar refractivity (Wildman–Crippen MR) is 126 cm³/mol. The molecule has 0 bridgehead atoms. The van der Waals surface area contributed by atoms with Crippen molar-refractivity contribution in [3.63, 3.8) is 0 Å². The lowest BCUT2D eigenvalue weighted by Crippen LogP contribution is -2.52. The Labute approximate surface area is 193 Å². The molecule has 2 N–H and O–H groups in total. The summed E-state index contributed by atoms with van der Waals surface area (Å²) >= 11 is 0. The summed E-state index contributed by atoms with van der Waals surface area (Å²) in [6.07, 6.45) is 5.50. The van der Waals surface area contributed by atoms with E-state index in [0.29, 0.717) is 37.6 Å². The van der Waals surface area contributed by atoms with E-state index in [1.165, 1.54) is 5.56 Å². The molecule has 2 amide bonds. The first-order valence-corrected chi connectivity index (χ1v) is 11.4. The van der Waals surface area contributed by atoms with Crippen LogP contribution in [-0.4, -0.2) is 46.3 Å². The summed E-state index contributed by atoms with van der Waals surface area (Å²) in [7, 11) is 0. The number of likely N-dealkylation sites (tertiary alicyclic amines) is 1. The molecule has 0 unspecified atom stereocenters. The smallest absolute Gasteiger partial charge is 0.253 e. The maximum Gasteiger partial charge on any atom is 0.253 e. The van der Waals surface area contributed by atoms with Crippen LogP contribution >= 0.6 is 0 Å². The van der Waals surface area contributed by atoms with Gasteiger partial charge in [-0.15, -0.1) is 0 Å². The fraction of sp³-hybridized carbons (Fsp3) is 0.308. The average molecular weight is 442 g/mol. The number of nitrogens with one attached hydrogen (secondary N) is 2. The number of benzene rings is 2. The molecule has 3 aromatic rings. The van der Waals surface area contributed by atoms with Crippen LogP contribution in [0.1, 0.15) is 41.1 Å². The number of piperidine rings is 2. The molecule has 0 saturated carbocycles. The van der Waals surface area contributed by atoms with Gasteiger partial charge in [-0.05, 0) is 48.1 Å². The zero-order valence-corrected chi connectivity index (χ0v) is 18.4. The van der Waals surface area contributed by atoms with Gasteiger partial charge in [0.25, 0.3) is 5.91 Å². The molecule has 0 aliphatic carbocycles. The minimum atomic E-state index is -0.103. The normalized spacial score (nSPS) is 19.7. The average Bonchev–Trinajstić information content (AvgIpc) is 2.85. The van der Waals surface area contributed by atoms with Gasteiger partial charge in [0.1, 0.15) is 0 Å². The van der Waals surface area contributed by atoms with Gasteiger partial charge in [-0.25, -0.2) is 9.97 Å². The number of hydrogen-bond acceptors (Lipinski definition) is 5. The van der Waals surface area contributed by atoms with Crippen molar-refractivity contribution in [1.29, 1.82) is 0 Å². The highest BCUT2D eigenvalue weighted by atomic mass is 16.2. The number of carbonyl (C=O) groups is 2. The second-order valence-electron chi connectivity index (χ2n) is 8.88. The molecular formula is C26H27N5O2. The first-order valence-electron chi connectivity index (χ1n) is 11.4. The molecule has 2 fully saturated rings. The quantitative estimate of drug-likeness (QED) is 0.644. The number of anilines is 2. The van der Waals surface area contributed by atoms with E-state index in [4.69, 9.17) is 0 Å². The Balaban J connectivity index is 1.30. The third-order valence-corrected chi connectivity index (χ3v) is 6.93. The van der Waals surface area contributed by atoms with Crippen LogP contribution in [0.2, 0.25) is 0 Å². The molecule has 168 valence electrons. The Kier molecular flexibility index (Phi) is 5.77. The third kappa shape index (κ3) is 4.44. The molecule has 1 spiro atoms. The van der Waals surface area contributed by atoms with Crippen LogP contribution in [0.5, 0.6) is 0 Å². The fourth-order valence-electron chi connectivity index (χ4n) is 5.18.